The van der Waals surface area contributed by atoms with Crippen molar-refractivity contribution >= 4 is 40.4 Å². The zero-order valence-corrected chi connectivity index (χ0v) is 19.7. The molecule has 2 aromatic heterocycles. The molecule has 0 aliphatic carbocycles. The lowest BCUT2D eigenvalue weighted by molar-refractivity contribution is -0.870. The van der Waals surface area contributed by atoms with Crippen molar-refractivity contribution in [2.75, 3.05) is 47.3 Å². The van der Waals surface area contributed by atoms with Crippen LogP contribution < -0.4 is 0 Å². The van der Waals surface area contributed by atoms with Gasteiger partial charge in [-0.1, -0.05) is 18.2 Å². The number of halogens is 1. The molecule has 162 valence electrons. The van der Waals surface area contributed by atoms with Crippen LogP contribution in [0.5, 0.6) is 0 Å². The molecule has 0 saturated carbocycles. The molecule has 0 radical (unpaired) electrons. The Bertz CT molecular complexity index is 982. The molecule has 5 nitrogen and oxygen atoms in total. The van der Waals surface area contributed by atoms with Gasteiger partial charge in [-0.25, -0.2) is 4.98 Å². The van der Waals surface area contributed by atoms with Crippen LogP contribution in [0.1, 0.15) is 46.2 Å². The fourth-order valence-corrected chi connectivity index (χ4v) is 5.03. The smallest absolute Gasteiger partial charge is 0.223 e. The summed E-state index contributed by atoms with van der Waals surface area (Å²) in [6.07, 6.45) is 5.32. The summed E-state index contributed by atoms with van der Waals surface area (Å²) in [5, 5.41) is 3.67. The Morgan fingerprint density at radius 3 is 2.70 bits per heavy atom. The first-order valence-electron chi connectivity index (χ1n) is 10.5. The van der Waals surface area contributed by atoms with Gasteiger partial charge in [-0.3, -0.25) is 4.79 Å². The highest BCUT2D eigenvalue weighted by molar-refractivity contribution is 7.12. The first-order valence-corrected chi connectivity index (χ1v) is 11.4. The van der Waals surface area contributed by atoms with Gasteiger partial charge in [0.25, 0.3) is 0 Å². The molecule has 1 aliphatic rings. The number of piperidine rings is 1. The molecule has 0 unspecified atom stereocenters. The van der Waals surface area contributed by atoms with E-state index in [1.165, 1.54) is 30.8 Å². The van der Waals surface area contributed by atoms with Crippen molar-refractivity contribution in [3.8, 4) is 0 Å². The normalized spacial score (nSPS) is 16.0. The lowest BCUT2D eigenvalue weighted by Gasteiger charge is -2.32. The van der Waals surface area contributed by atoms with Crippen LogP contribution in [0.3, 0.4) is 0 Å². The second-order valence-electron chi connectivity index (χ2n) is 9.14. The summed E-state index contributed by atoms with van der Waals surface area (Å²) in [6, 6.07) is 7.92. The highest BCUT2D eigenvalue weighted by Gasteiger charge is 2.25. The van der Waals surface area contributed by atoms with E-state index in [2.05, 4.69) is 36.4 Å². The topological polar surface area (TPSA) is 49.0 Å². The molecule has 3 heterocycles. The Morgan fingerprint density at radius 1 is 1.23 bits per heavy atom. The van der Waals surface area contributed by atoms with E-state index in [0.717, 1.165) is 47.0 Å². The minimum atomic E-state index is 0. The third kappa shape index (κ3) is 5.30. The number of nitrogens with zero attached hydrogens (tertiary/aromatic N) is 3. The monoisotopic (exact) mass is 447 g/mol. The number of quaternary nitrogens is 1. The van der Waals surface area contributed by atoms with E-state index in [4.69, 9.17) is 4.98 Å². The third-order valence-electron chi connectivity index (χ3n) is 5.86. The van der Waals surface area contributed by atoms with Gasteiger partial charge < -0.3 is 14.4 Å². The van der Waals surface area contributed by atoms with Gasteiger partial charge >= 0.3 is 0 Å². The highest BCUT2D eigenvalue weighted by Crippen LogP contribution is 2.30. The van der Waals surface area contributed by atoms with Crippen molar-refractivity contribution in [3.05, 3.63) is 52.1 Å². The molecule has 0 atom stereocenters. The molecule has 1 fully saturated rings. The summed E-state index contributed by atoms with van der Waals surface area (Å²) >= 11 is 1.49. The van der Waals surface area contributed by atoms with E-state index in [-0.39, 0.29) is 18.2 Å². The van der Waals surface area contributed by atoms with E-state index in [1.807, 2.05) is 30.5 Å². The lowest BCUT2D eigenvalue weighted by atomic mass is 9.94. The number of aromatic amines is 1. The molecular formula is C23H32ClN4OS+. The Morgan fingerprint density at radius 2 is 1.97 bits per heavy atom. The van der Waals surface area contributed by atoms with Gasteiger partial charge in [-0.15, -0.1) is 23.7 Å². The molecule has 1 N–H and O–H groups in total. The van der Waals surface area contributed by atoms with Gasteiger partial charge in [0, 0.05) is 41.4 Å². The maximum absolute atomic E-state index is 13.0. The number of para-hydroxylation sites is 1. The predicted molar refractivity (Wildman–Crippen MR) is 127 cm³/mol. The van der Waals surface area contributed by atoms with Crippen molar-refractivity contribution in [3.63, 3.8) is 0 Å². The minimum absolute atomic E-state index is 0. The number of rotatable bonds is 7. The zero-order valence-electron chi connectivity index (χ0n) is 18.1. The molecule has 3 aromatic rings. The summed E-state index contributed by atoms with van der Waals surface area (Å²) in [5.74, 6) is 0.502. The third-order valence-corrected chi connectivity index (χ3v) is 6.72. The maximum atomic E-state index is 13.0. The van der Waals surface area contributed by atoms with Crippen LogP contribution in [0.2, 0.25) is 0 Å². The van der Waals surface area contributed by atoms with E-state index in [1.54, 1.807) is 0 Å². The van der Waals surface area contributed by atoms with Crippen LogP contribution in [0.25, 0.3) is 10.9 Å². The molecule has 0 spiro atoms. The van der Waals surface area contributed by atoms with Gasteiger partial charge in [0.1, 0.15) is 0 Å². The molecule has 0 bridgehead atoms. The molecule has 0 amide bonds. The van der Waals surface area contributed by atoms with E-state index >= 15 is 0 Å². The summed E-state index contributed by atoms with van der Waals surface area (Å²) < 4.78 is 1.03. The van der Waals surface area contributed by atoms with Crippen molar-refractivity contribution in [2.24, 2.45) is 0 Å². The number of H-pyrrole nitrogens is 1. The molecule has 1 saturated heterocycles. The highest BCUT2D eigenvalue weighted by atomic mass is 35.5. The van der Waals surface area contributed by atoms with Gasteiger partial charge in [-0.2, -0.15) is 0 Å². The van der Waals surface area contributed by atoms with Crippen LogP contribution in [0.4, 0.5) is 0 Å². The van der Waals surface area contributed by atoms with E-state index in [9.17, 15) is 4.79 Å². The van der Waals surface area contributed by atoms with Gasteiger partial charge in [0.15, 0.2) is 5.01 Å². The summed E-state index contributed by atoms with van der Waals surface area (Å²) in [7, 11) is 6.76. The number of benzene rings is 1. The van der Waals surface area contributed by atoms with Gasteiger partial charge in [0.2, 0.25) is 5.78 Å². The number of carbonyl (C=O) groups excluding carboxylic acids is 1. The van der Waals surface area contributed by atoms with Crippen molar-refractivity contribution in [1.82, 2.24) is 14.9 Å². The second kappa shape index (κ2) is 9.60. The maximum Gasteiger partial charge on any atom is 0.223 e. The van der Waals surface area contributed by atoms with Crippen LogP contribution >= 0.6 is 23.7 Å². The van der Waals surface area contributed by atoms with Gasteiger partial charge in [0.05, 0.1) is 38.9 Å². The lowest BCUT2D eigenvalue weighted by Crippen LogP contribution is -2.39. The summed E-state index contributed by atoms with van der Waals surface area (Å²) in [4.78, 5) is 23.5. The number of fused-ring (bicyclic) bond motifs is 1. The van der Waals surface area contributed by atoms with E-state index < -0.39 is 0 Å². The second-order valence-corrected chi connectivity index (χ2v) is 10.00. The Labute approximate surface area is 189 Å². The molecule has 30 heavy (non-hydrogen) atoms. The van der Waals surface area contributed by atoms with E-state index in [0.29, 0.717) is 16.5 Å². The first kappa shape index (κ1) is 22.9. The number of aromatic nitrogens is 2. The average Bonchev–Trinajstić information content (AvgIpc) is 3.35. The van der Waals surface area contributed by atoms with Crippen LogP contribution in [-0.2, 0) is 0 Å². The zero-order chi connectivity index (χ0) is 20.4. The number of nitrogens with one attached hydrogen (secondary N) is 1. The van der Waals surface area contributed by atoms with Crippen molar-refractivity contribution in [2.45, 2.75) is 25.2 Å². The SMILES string of the molecule is C[N+](C)(C)CCCN1CCC(c2csc(C(=O)c3c[nH]c4ccccc34)n2)CC1.Cl. The number of hydrogen-bond donors (Lipinski definition) is 1. The standard InChI is InChI=1S/C23H30N4OS.ClH/c1-27(2,3)14-6-11-26-12-9-17(10-13-26)21-16-29-23(25-21)22(28)19-15-24-20-8-5-4-7-18(19)20;/h4-5,7-8,15-17H,6,9-14H2,1-3H3;1H/p+1. The number of thiazole rings is 1. The Kier molecular flexibility index (Phi) is 7.34. The first-order chi connectivity index (χ1) is 13.9. The predicted octanol–water partition coefficient (Wildman–Crippen LogP) is 4.55. The number of carbonyl (C=O) groups is 1. The Hall–Kier alpha value is -1.73. The molecule has 1 aromatic carbocycles. The van der Waals surface area contributed by atoms with Crippen LogP contribution in [-0.4, -0.2) is 72.5 Å². The molecular weight excluding hydrogens is 416 g/mol. The minimum Gasteiger partial charge on any atom is -0.360 e. The molecule has 7 heteroatoms. The molecule has 1 aliphatic heterocycles. The van der Waals surface area contributed by atoms with Crippen LogP contribution in [0.15, 0.2) is 35.8 Å². The molecule has 4 rings (SSSR count). The van der Waals surface area contributed by atoms with Crippen molar-refractivity contribution < 1.29 is 9.28 Å². The van der Waals surface area contributed by atoms with Crippen molar-refractivity contribution in [1.29, 1.82) is 0 Å². The summed E-state index contributed by atoms with van der Waals surface area (Å²) in [5.41, 5.74) is 2.81. The average molecular weight is 448 g/mol. The fourth-order valence-electron chi connectivity index (χ4n) is 4.17. The quantitative estimate of drug-likeness (QED) is 0.427. The Balaban J connectivity index is 0.00000256. The number of ketones is 1. The van der Waals surface area contributed by atoms with Gasteiger partial charge in [-0.05, 0) is 32.0 Å². The van der Waals surface area contributed by atoms with Crippen LogP contribution in [0, 0.1) is 0 Å². The summed E-state index contributed by atoms with van der Waals surface area (Å²) in [6.45, 7) is 4.66. The number of hydrogen-bond acceptors (Lipinski definition) is 4. The number of likely N-dealkylation sites (tertiary alicyclic amines) is 1. The largest absolute Gasteiger partial charge is 0.360 e. The fraction of sp³-hybridized carbons (Fsp3) is 0.478.